The molecular formula is C15H16ClN3O3. The van der Waals surface area contributed by atoms with Gasteiger partial charge in [-0.2, -0.15) is 5.10 Å². The normalized spacial score (nSPS) is 11.3. The van der Waals surface area contributed by atoms with Gasteiger partial charge in [-0.1, -0.05) is 23.7 Å². The maximum Gasteiger partial charge on any atom is 0.329 e. The molecular weight excluding hydrogens is 306 g/mol. The lowest BCUT2D eigenvalue weighted by atomic mass is 10.0. The molecule has 0 unspecified atom stereocenters. The van der Waals surface area contributed by atoms with E-state index in [1.165, 1.54) is 20.9 Å². The summed E-state index contributed by atoms with van der Waals surface area (Å²) in [5.41, 5.74) is 0.297. The van der Waals surface area contributed by atoms with Gasteiger partial charge in [0.25, 0.3) is 5.91 Å². The van der Waals surface area contributed by atoms with Gasteiger partial charge in [-0.15, -0.1) is 0 Å². The Hall–Kier alpha value is -2.34. The van der Waals surface area contributed by atoms with Gasteiger partial charge in [0.05, 0.1) is 5.69 Å². The summed E-state index contributed by atoms with van der Waals surface area (Å²) >= 11 is 5.83. The van der Waals surface area contributed by atoms with Crippen molar-refractivity contribution in [2.45, 2.75) is 19.4 Å². The Labute approximate surface area is 132 Å². The maximum atomic E-state index is 12.4. The molecule has 0 spiro atoms. The monoisotopic (exact) mass is 321 g/mol. The van der Waals surface area contributed by atoms with Crippen LogP contribution in [-0.2, 0) is 4.79 Å². The first kappa shape index (κ1) is 16.0. The summed E-state index contributed by atoms with van der Waals surface area (Å²) in [6.07, 6.45) is 0. The number of carboxylic acid groups (broad SMARTS) is 1. The molecule has 1 amide bonds. The molecule has 2 aromatic rings. The largest absolute Gasteiger partial charge is 0.480 e. The fraction of sp³-hybridized carbons (Fsp3) is 0.267. The molecule has 0 aliphatic rings. The van der Waals surface area contributed by atoms with Crippen molar-refractivity contribution in [2.24, 2.45) is 0 Å². The summed E-state index contributed by atoms with van der Waals surface area (Å²) in [5, 5.41) is 16.5. The zero-order valence-corrected chi connectivity index (χ0v) is 13.2. The number of carbonyl (C=O) groups excluding carboxylic acids is 1. The molecule has 1 aromatic heterocycles. The van der Waals surface area contributed by atoms with Crippen LogP contribution < -0.4 is 0 Å². The molecule has 0 saturated heterocycles. The number of nitrogens with zero attached hydrogens (tertiary/aromatic N) is 2. The van der Waals surface area contributed by atoms with Crippen LogP contribution in [0.5, 0.6) is 0 Å². The number of aromatic amines is 1. The van der Waals surface area contributed by atoms with E-state index < -0.39 is 17.4 Å². The van der Waals surface area contributed by atoms with Crippen molar-refractivity contribution in [1.82, 2.24) is 15.1 Å². The molecule has 6 nitrogen and oxygen atoms in total. The Balaban J connectivity index is 2.26. The summed E-state index contributed by atoms with van der Waals surface area (Å²) in [5.74, 6) is -1.53. The first-order valence-electron chi connectivity index (χ1n) is 6.56. The first-order chi connectivity index (χ1) is 10.2. The van der Waals surface area contributed by atoms with E-state index in [-0.39, 0.29) is 5.69 Å². The predicted octanol–water partition coefficient (Wildman–Crippen LogP) is 2.67. The van der Waals surface area contributed by atoms with Crippen molar-refractivity contribution in [3.8, 4) is 11.3 Å². The van der Waals surface area contributed by atoms with Gasteiger partial charge in [-0.3, -0.25) is 9.89 Å². The quantitative estimate of drug-likeness (QED) is 0.906. The predicted molar refractivity (Wildman–Crippen MR) is 82.8 cm³/mol. The molecule has 0 radical (unpaired) electrons. The van der Waals surface area contributed by atoms with Crippen molar-refractivity contribution >= 4 is 23.5 Å². The van der Waals surface area contributed by atoms with Crippen molar-refractivity contribution in [1.29, 1.82) is 0 Å². The van der Waals surface area contributed by atoms with E-state index in [1.54, 1.807) is 30.3 Å². The second-order valence-corrected chi connectivity index (χ2v) is 5.84. The molecule has 0 saturated carbocycles. The number of carbonyl (C=O) groups is 2. The summed E-state index contributed by atoms with van der Waals surface area (Å²) in [6.45, 7) is 2.92. The van der Waals surface area contributed by atoms with Crippen LogP contribution in [0, 0.1) is 0 Å². The lowest BCUT2D eigenvalue weighted by Crippen LogP contribution is -2.50. The zero-order valence-electron chi connectivity index (χ0n) is 12.4. The van der Waals surface area contributed by atoms with Crippen LogP contribution in [0.1, 0.15) is 24.3 Å². The molecule has 22 heavy (non-hydrogen) atoms. The average Bonchev–Trinajstić information content (AvgIpc) is 2.96. The smallest absolute Gasteiger partial charge is 0.329 e. The third-order valence-corrected chi connectivity index (χ3v) is 3.87. The molecule has 0 aliphatic carbocycles. The van der Waals surface area contributed by atoms with Crippen molar-refractivity contribution in [3.63, 3.8) is 0 Å². The number of amides is 1. The fourth-order valence-corrected chi connectivity index (χ4v) is 1.90. The summed E-state index contributed by atoms with van der Waals surface area (Å²) < 4.78 is 0. The molecule has 1 heterocycles. The van der Waals surface area contributed by atoms with Crippen LogP contribution in [0.2, 0.25) is 5.02 Å². The molecule has 0 aliphatic heterocycles. The number of benzene rings is 1. The number of H-pyrrole nitrogens is 1. The van der Waals surface area contributed by atoms with Crippen molar-refractivity contribution in [3.05, 3.63) is 41.0 Å². The fourth-order valence-electron chi connectivity index (χ4n) is 1.78. The number of aromatic nitrogens is 2. The Morgan fingerprint density at radius 2 is 1.86 bits per heavy atom. The van der Waals surface area contributed by atoms with E-state index in [9.17, 15) is 14.7 Å². The number of halogens is 1. The van der Waals surface area contributed by atoms with E-state index >= 15 is 0 Å². The minimum Gasteiger partial charge on any atom is -0.480 e. The Kier molecular flexibility index (Phi) is 4.23. The molecule has 0 fully saturated rings. The molecule has 2 rings (SSSR count). The first-order valence-corrected chi connectivity index (χ1v) is 6.94. The third kappa shape index (κ3) is 2.96. The van der Waals surface area contributed by atoms with E-state index in [2.05, 4.69) is 10.2 Å². The Morgan fingerprint density at radius 1 is 1.27 bits per heavy atom. The number of nitrogens with one attached hydrogen (secondary N) is 1. The van der Waals surface area contributed by atoms with Crippen LogP contribution in [0.15, 0.2) is 30.3 Å². The number of likely N-dealkylation sites (N-methyl/N-ethyl adjacent to an activating group) is 1. The van der Waals surface area contributed by atoms with Gasteiger partial charge in [0.15, 0.2) is 0 Å². The number of hydrogen-bond acceptors (Lipinski definition) is 3. The van der Waals surface area contributed by atoms with E-state index in [4.69, 9.17) is 11.6 Å². The molecule has 0 bridgehead atoms. The van der Waals surface area contributed by atoms with E-state index in [0.717, 1.165) is 10.5 Å². The zero-order chi connectivity index (χ0) is 16.5. The van der Waals surface area contributed by atoms with Crippen LogP contribution in [-0.4, -0.2) is 44.7 Å². The number of carboxylic acids is 1. The topological polar surface area (TPSA) is 86.3 Å². The molecule has 116 valence electrons. The highest BCUT2D eigenvalue weighted by Gasteiger charge is 2.36. The molecule has 0 atom stereocenters. The van der Waals surface area contributed by atoms with Crippen LogP contribution >= 0.6 is 11.6 Å². The highest BCUT2D eigenvalue weighted by atomic mass is 35.5. The molecule has 2 N–H and O–H groups in total. The average molecular weight is 322 g/mol. The van der Waals surface area contributed by atoms with Gasteiger partial charge < -0.3 is 10.0 Å². The number of hydrogen-bond donors (Lipinski definition) is 2. The minimum atomic E-state index is -1.32. The van der Waals surface area contributed by atoms with Gasteiger partial charge in [0.2, 0.25) is 0 Å². The number of aliphatic carboxylic acids is 1. The summed E-state index contributed by atoms with van der Waals surface area (Å²) in [4.78, 5) is 24.8. The lowest BCUT2D eigenvalue weighted by molar-refractivity contribution is -0.147. The second-order valence-electron chi connectivity index (χ2n) is 5.40. The molecule has 7 heteroatoms. The second kappa shape index (κ2) is 5.81. The minimum absolute atomic E-state index is 0.224. The Morgan fingerprint density at radius 3 is 2.41 bits per heavy atom. The van der Waals surface area contributed by atoms with Crippen LogP contribution in [0.3, 0.4) is 0 Å². The molecule has 1 aromatic carbocycles. The summed E-state index contributed by atoms with van der Waals surface area (Å²) in [6, 6.07) is 8.62. The SMILES string of the molecule is CN(C(=O)c1cc(-c2ccc(Cl)cc2)n[nH]1)C(C)(C)C(=O)O. The van der Waals surface area contributed by atoms with Gasteiger partial charge in [-0.05, 0) is 32.0 Å². The van der Waals surface area contributed by atoms with Gasteiger partial charge in [0, 0.05) is 17.6 Å². The van der Waals surface area contributed by atoms with Crippen LogP contribution in [0.4, 0.5) is 0 Å². The Bertz CT molecular complexity index is 707. The van der Waals surface area contributed by atoms with E-state index in [0.29, 0.717) is 10.7 Å². The number of rotatable bonds is 4. The van der Waals surface area contributed by atoms with Crippen LogP contribution in [0.25, 0.3) is 11.3 Å². The van der Waals surface area contributed by atoms with Gasteiger partial charge in [-0.25, -0.2) is 4.79 Å². The van der Waals surface area contributed by atoms with Gasteiger partial charge >= 0.3 is 5.97 Å². The van der Waals surface area contributed by atoms with Crippen molar-refractivity contribution < 1.29 is 14.7 Å². The van der Waals surface area contributed by atoms with E-state index in [1.807, 2.05) is 0 Å². The lowest BCUT2D eigenvalue weighted by Gasteiger charge is -2.30. The standard InChI is InChI=1S/C15H16ClN3O3/c1-15(2,14(21)22)19(3)13(20)12-8-11(17-18-12)9-4-6-10(16)7-5-9/h4-8H,1-3H3,(H,17,18)(H,21,22). The van der Waals surface area contributed by atoms with Gasteiger partial charge in [0.1, 0.15) is 11.2 Å². The highest BCUT2D eigenvalue weighted by molar-refractivity contribution is 6.30. The third-order valence-electron chi connectivity index (χ3n) is 3.61. The highest BCUT2D eigenvalue weighted by Crippen LogP contribution is 2.22. The van der Waals surface area contributed by atoms with Crippen molar-refractivity contribution in [2.75, 3.05) is 7.05 Å². The summed E-state index contributed by atoms with van der Waals surface area (Å²) in [7, 11) is 1.44. The maximum absolute atomic E-state index is 12.4.